The number of aryl methyl sites for hydroxylation is 1. The van der Waals surface area contributed by atoms with E-state index >= 15 is 0 Å². The molecule has 1 rings (SSSR count). The normalized spacial score (nSPS) is 11.6. The maximum atomic E-state index is 9.60. The second kappa shape index (κ2) is 5.85. The fourth-order valence-electron chi connectivity index (χ4n) is 1.53. The summed E-state index contributed by atoms with van der Waals surface area (Å²) >= 11 is 3.38. The van der Waals surface area contributed by atoms with Crippen LogP contribution in [-0.2, 0) is 6.61 Å². The molecule has 0 saturated carbocycles. The smallest absolute Gasteiger partial charge is 0.127 e. The molecule has 0 spiro atoms. The molecule has 1 aromatic rings. The Morgan fingerprint density at radius 1 is 1.35 bits per heavy atom. The van der Waals surface area contributed by atoms with E-state index in [-0.39, 0.29) is 6.61 Å². The minimum atomic E-state index is -0.733. The lowest BCUT2D eigenvalue weighted by Gasteiger charge is -2.19. The van der Waals surface area contributed by atoms with E-state index in [4.69, 9.17) is 4.74 Å². The molecular weight excluding hydrogens is 284 g/mol. The summed E-state index contributed by atoms with van der Waals surface area (Å²) in [7, 11) is 0. The zero-order valence-corrected chi connectivity index (χ0v) is 12.0. The van der Waals surface area contributed by atoms with E-state index in [0.29, 0.717) is 18.8 Å². The summed E-state index contributed by atoms with van der Waals surface area (Å²) in [6, 6.07) is 3.78. The number of benzene rings is 1. The summed E-state index contributed by atoms with van der Waals surface area (Å²) in [4.78, 5) is 0. The number of halogens is 1. The van der Waals surface area contributed by atoms with Crippen molar-refractivity contribution in [2.24, 2.45) is 0 Å². The molecule has 0 bridgehead atoms. The highest BCUT2D eigenvalue weighted by Crippen LogP contribution is 2.28. The van der Waals surface area contributed by atoms with Gasteiger partial charge < -0.3 is 14.9 Å². The van der Waals surface area contributed by atoms with Gasteiger partial charge in [-0.05, 0) is 38.5 Å². The predicted molar refractivity (Wildman–Crippen MR) is 71.2 cm³/mol. The second-order valence-corrected chi connectivity index (χ2v) is 5.70. The number of ether oxygens (including phenoxy) is 1. The molecule has 3 nitrogen and oxygen atoms in total. The molecule has 0 saturated heterocycles. The van der Waals surface area contributed by atoms with Gasteiger partial charge in [0.15, 0.2) is 0 Å². The standard InChI is InChI=1S/C13H19BrO3/c1-9-6-11(14)7-10(8-15)12(9)17-5-4-13(2,3)16/h6-7,15-16H,4-5,8H2,1-3H3. The van der Waals surface area contributed by atoms with E-state index in [1.165, 1.54) is 0 Å². The van der Waals surface area contributed by atoms with Gasteiger partial charge in [-0.15, -0.1) is 0 Å². The van der Waals surface area contributed by atoms with Crippen molar-refractivity contribution in [1.29, 1.82) is 0 Å². The molecule has 0 aliphatic rings. The first kappa shape index (κ1) is 14.5. The lowest BCUT2D eigenvalue weighted by molar-refractivity contribution is 0.0549. The van der Waals surface area contributed by atoms with Crippen LogP contribution in [0.15, 0.2) is 16.6 Å². The molecule has 0 aliphatic heterocycles. The van der Waals surface area contributed by atoms with Gasteiger partial charge in [0.1, 0.15) is 5.75 Å². The van der Waals surface area contributed by atoms with Crippen LogP contribution in [0.4, 0.5) is 0 Å². The van der Waals surface area contributed by atoms with E-state index in [1.54, 1.807) is 13.8 Å². The minimum Gasteiger partial charge on any atom is -0.493 e. The Labute approximate surface area is 111 Å². The van der Waals surface area contributed by atoms with Crippen LogP contribution in [0.3, 0.4) is 0 Å². The van der Waals surface area contributed by atoms with Crippen molar-refractivity contribution in [3.8, 4) is 5.75 Å². The highest BCUT2D eigenvalue weighted by atomic mass is 79.9. The van der Waals surface area contributed by atoms with E-state index in [2.05, 4.69) is 15.9 Å². The topological polar surface area (TPSA) is 49.7 Å². The fraction of sp³-hybridized carbons (Fsp3) is 0.538. The lowest BCUT2D eigenvalue weighted by Crippen LogP contribution is -2.22. The Hall–Kier alpha value is -0.580. The lowest BCUT2D eigenvalue weighted by atomic mass is 10.1. The van der Waals surface area contributed by atoms with Gasteiger partial charge in [0, 0.05) is 16.5 Å². The molecule has 0 unspecified atom stereocenters. The van der Waals surface area contributed by atoms with Crippen molar-refractivity contribution in [2.75, 3.05) is 6.61 Å². The Balaban J connectivity index is 2.76. The highest BCUT2D eigenvalue weighted by molar-refractivity contribution is 9.10. The van der Waals surface area contributed by atoms with Crippen molar-refractivity contribution in [3.63, 3.8) is 0 Å². The van der Waals surface area contributed by atoms with Crippen LogP contribution in [0.2, 0.25) is 0 Å². The third-order valence-corrected chi connectivity index (χ3v) is 2.90. The Morgan fingerprint density at radius 3 is 2.53 bits per heavy atom. The van der Waals surface area contributed by atoms with Gasteiger partial charge in [-0.3, -0.25) is 0 Å². The molecule has 1 aromatic carbocycles. The SMILES string of the molecule is Cc1cc(Br)cc(CO)c1OCCC(C)(C)O. The van der Waals surface area contributed by atoms with E-state index < -0.39 is 5.60 Å². The molecule has 0 atom stereocenters. The van der Waals surface area contributed by atoms with Crippen molar-refractivity contribution >= 4 is 15.9 Å². The molecule has 4 heteroatoms. The molecule has 2 N–H and O–H groups in total. The number of rotatable bonds is 5. The number of hydrogen-bond acceptors (Lipinski definition) is 3. The summed E-state index contributed by atoms with van der Waals surface area (Å²) in [5.41, 5.74) is 0.995. The molecule has 0 fully saturated rings. The first-order valence-corrected chi connectivity index (χ1v) is 6.38. The average Bonchev–Trinajstić information content (AvgIpc) is 2.18. The third-order valence-electron chi connectivity index (χ3n) is 2.45. The summed E-state index contributed by atoms with van der Waals surface area (Å²) in [6.07, 6.45) is 0.549. The van der Waals surface area contributed by atoms with Gasteiger partial charge >= 0.3 is 0 Å². The Bertz CT molecular complexity index is 383. The molecule has 0 amide bonds. The average molecular weight is 303 g/mol. The van der Waals surface area contributed by atoms with Crippen LogP contribution in [0.25, 0.3) is 0 Å². The molecule has 0 aliphatic carbocycles. The van der Waals surface area contributed by atoms with Gasteiger partial charge in [-0.2, -0.15) is 0 Å². The Kier molecular flexibility index (Phi) is 4.98. The summed E-state index contributed by atoms with van der Waals surface area (Å²) in [5, 5.41) is 18.9. The minimum absolute atomic E-state index is 0.0574. The second-order valence-electron chi connectivity index (χ2n) is 4.78. The van der Waals surface area contributed by atoms with Crippen LogP contribution >= 0.6 is 15.9 Å². The molecule has 0 aromatic heterocycles. The molecule has 0 heterocycles. The van der Waals surface area contributed by atoms with E-state index in [9.17, 15) is 10.2 Å². The van der Waals surface area contributed by atoms with Gasteiger partial charge in [0.05, 0.1) is 18.8 Å². The van der Waals surface area contributed by atoms with Crippen molar-refractivity contribution < 1.29 is 14.9 Å². The Morgan fingerprint density at radius 2 is 2.00 bits per heavy atom. The number of hydrogen-bond donors (Lipinski definition) is 2. The highest BCUT2D eigenvalue weighted by Gasteiger charge is 2.14. The van der Waals surface area contributed by atoms with Crippen molar-refractivity contribution in [2.45, 2.75) is 39.4 Å². The van der Waals surface area contributed by atoms with Gasteiger partial charge in [-0.1, -0.05) is 15.9 Å². The van der Waals surface area contributed by atoms with Gasteiger partial charge in [-0.25, -0.2) is 0 Å². The summed E-state index contributed by atoms with van der Waals surface area (Å²) in [5.74, 6) is 0.708. The molecule has 17 heavy (non-hydrogen) atoms. The maximum Gasteiger partial charge on any atom is 0.127 e. The monoisotopic (exact) mass is 302 g/mol. The first-order chi connectivity index (χ1) is 7.83. The van der Waals surface area contributed by atoms with E-state index in [1.807, 2.05) is 19.1 Å². The van der Waals surface area contributed by atoms with Crippen LogP contribution in [0, 0.1) is 6.92 Å². The number of aliphatic hydroxyl groups excluding tert-OH is 1. The van der Waals surface area contributed by atoms with Crippen LogP contribution in [-0.4, -0.2) is 22.4 Å². The fourth-order valence-corrected chi connectivity index (χ4v) is 2.15. The summed E-state index contributed by atoms with van der Waals surface area (Å²) < 4.78 is 6.57. The predicted octanol–water partition coefficient (Wildman–Crippen LogP) is 2.79. The number of aliphatic hydroxyl groups is 2. The molecule has 96 valence electrons. The van der Waals surface area contributed by atoms with Crippen molar-refractivity contribution in [1.82, 2.24) is 0 Å². The molecular formula is C13H19BrO3. The molecule has 0 radical (unpaired) electrons. The largest absolute Gasteiger partial charge is 0.493 e. The summed E-state index contributed by atoms with van der Waals surface area (Å²) in [6.45, 7) is 5.80. The van der Waals surface area contributed by atoms with Crippen molar-refractivity contribution in [3.05, 3.63) is 27.7 Å². The zero-order valence-electron chi connectivity index (χ0n) is 10.5. The quantitative estimate of drug-likeness (QED) is 0.879. The van der Waals surface area contributed by atoms with Crippen LogP contribution in [0.5, 0.6) is 5.75 Å². The van der Waals surface area contributed by atoms with E-state index in [0.717, 1.165) is 15.6 Å². The third kappa shape index (κ3) is 4.66. The van der Waals surface area contributed by atoms with Crippen LogP contribution < -0.4 is 4.74 Å². The van der Waals surface area contributed by atoms with Gasteiger partial charge in [0.25, 0.3) is 0 Å². The van der Waals surface area contributed by atoms with Crippen LogP contribution in [0.1, 0.15) is 31.4 Å². The maximum absolute atomic E-state index is 9.60. The first-order valence-electron chi connectivity index (χ1n) is 5.58. The zero-order chi connectivity index (χ0) is 13.1. The van der Waals surface area contributed by atoms with Gasteiger partial charge in [0.2, 0.25) is 0 Å².